The first-order valence-corrected chi connectivity index (χ1v) is 9.26. The fraction of sp³-hybridized carbons (Fsp3) is 0.588. The number of ether oxygens (including phenoxy) is 2. The summed E-state index contributed by atoms with van der Waals surface area (Å²) in [6.07, 6.45) is -5.72. The van der Waals surface area contributed by atoms with E-state index < -0.39 is 37.3 Å². The quantitative estimate of drug-likeness (QED) is 0.483. The summed E-state index contributed by atoms with van der Waals surface area (Å²) in [4.78, 5) is 12.4. The average molecular weight is 388 g/mol. The summed E-state index contributed by atoms with van der Waals surface area (Å²) in [5, 5.41) is 49.2. The van der Waals surface area contributed by atoms with E-state index in [4.69, 9.17) is 9.47 Å². The van der Waals surface area contributed by atoms with Gasteiger partial charge in [0.1, 0.15) is 35.9 Å². The summed E-state index contributed by atoms with van der Waals surface area (Å²) in [5.74, 6) is -0.0333. The maximum absolute atomic E-state index is 12.4. The highest BCUT2D eigenvalue weighted by atomic mass is 32.2. The third-order valence-corrected chi connectivity index (χ3v) is 5.26. The van der Waals surface area contributed by atoms with Gasteiger partial charge in [-0.25, -0.2) is 0 Å². The lowest BCUT2D eigenvalue weighted by atomic mass is 9.97. The van der Waals surface area contributed by atoms with Crippen LogP contribution in [0.2, 0.25) is 0 Å². The van der Waals surface area contributed by atoms with Gasteiger partial charge in [0.05, 0.1) is 12.2 Å². The van der Waals surface area contributed by atoms with E-state index in [1.165, 1.54) is 0 Å². The van der Waals surface area contributed by atoms with Crippen molar-refractivity contribution in [1.82, 2.24) is 0 Å². The van der Waals surface area contributed by atoms with Gasteiger partial charge in [-0.2, -0.15) is 0 Å². The Hall–Kier alpha value is -1.36. The molecule has 1 heterocycles. The van der Waals surface area contributed by atoms with Crippen molar-refractivity contribution < 1.29 is 39.8 Å². The van der Waals surface area contributed by atoms with Crippen molar-refractivity contribution in [2.24, 2.45) is 0 Å². The number of phenols is 1. The number of rotatable bonds is 4. The summed E-state index contributed by atoms with van der Waals surface area (Å²) in [5.41, 5.74) is 1.55. The molecule has 0 bridgehead atoms. The second-order valence-electron chi connectivity index (χ2n) is 6.23. The molecule has 1 aromatic rings. The number of benzene rings is 1. The molecular formula is C17H24O8S. The molecule has 0 saturated carbocycles. The normalized spacial score (nSPS) is 28.8. The third-order valence-electron chi connectivity index (χ3n) is 4.69. The Bertz CT molecular complexity index is 690. The third kappa shape index (κ3) is 3.55. The lowest BCUT2D eigenvalue weighted by Crippen LogP contribution is -2.60. The van der Waals surface area contributed by atoms with Gasteiger partial charge >= 0.3 is 0 Å². The Labute approximate surface area is 155 Å². The largest absolute Gasteiger partial charge is 0.507 e. The van der Waals surface area contributed by atoms with E-state index in [1.54, 1.807) is 27.0 Å². The minimum atomic E-state index is -1.62. The molecule has 146 valence electrons. The van der Waals surface area contributed by atoms with E-state index >= 15 is 0 Å². The van der Waals surface area contributed by atoms with Gasteiger partial charge in [0.15, 0.2) is 0 Å². The SMILES string of the molecule is CSC(=O)c1c(C)c(C)c(O)c(C)c1O[C@@H]1O[C@H](CO)[C@@H](O)[C@H](O)[C@H]1O. The van der Waals surface area contributed by atoms with Gasteiger partial charge in [0.2, 0.25) is 11.4 Å². The monoisotopic (exact) mass is 388 g/mol. The number of carbonyl (C=O) groups is 1. The first-order chi connectivity index (χ1) is 12.1. The molecule has 0 amide bonds. The zero-order chi connectivity index (χ0) is 19.8. The number of aliphatic hydroxyl groups is 4. The number of thioether (sulfide) groups is 1. The van der Waals surface area contributed by atoms with Crippen LogP contribution < -0.4 is 4.74 Å². The topological polar surface area (TPSA) is 137 Å². The number of carbonyl (C=O) groups excluding carboxylic acids is 1. The smallest absolute Gasteiger partial charge is 0.229 e. The minimum absolute atomic E-state index is 0.0225. The fourth-order valence-corrected chi connectivity index (χ4v) is 3.34. The van der Waals surface area contributed by atoms with Crippen LogP contribution in [0.15, 0.2) is 0 Å². The summed E-state index contributed by atoms with van der Waals surface area (Å²) in [7, 11) is 0. The predicted octanol–water partition coefficient (Wildman–Crippen LogP) is -0.000640. The maximum Gasteiger partial charge on any atom is 0.229 e. The van der Waals surface area contributed by atoms with Gasteiger partial charge in [-0.3, -0.25) is 4.79 Å². The van der Waals surface area contributed by atoms with Crippen LogP contribution in [0.1, 0.15) is 27.0 Å². The maximum atomic E-state index is 12.4. The molecule has 0 aliphatic carbocycles. The highest BCUT2D eigenvalue weighted by molar-refractivity contribution is 8.13. The van der Waals surface area contributed by atoms with Crippen molar-refractivity contribution in [3.8, 4) is 11.5 Å². The van der Waals surface area contributed by atoms with Crippen LogP contribution in [0.5, 0.6) is 11.5 Å². The van der Waals surface area contributed by atoms with Crippen LogP contribution in [0.3, 0.4) is 0 Å². The van der Waals surface area contributed by atoms with Crippen LogP contribution in [0, 0.1) is 20.8 Å². The van der Waals surface area contributed by atoms with Crippen LogP contribution in [-0.4, -0.2) is 74.2 Å². The lowest BCUT2D eigenvalue weighted by molar-refractivity contribution is -0.277. The zero-order valence-corrected chi connectivity index (χ0v) is 15.8. The van der Waals surface area contributed by atoms with Crippen molar-refractivity contribution in [3.63, 3.8) is 0 Å². The lowest BCUT2D eigenvalue weighted by Gasteiger charge is -2.40. The predicted molar refractivity (Wildman–Crippen MR) is 94.6 cm³/mol. The standard InChI is InChI=1S/C17H24O8S/c1-6-7(2)11(19)8(3)15(10(6)16(23)26-4)25-17-14(22)13(21)12(20)9(5-18)24-17/h9,12-14,17-22H,5H2,1-4H3/t9-,12-,13+,14-,17+/m1/s1. The van der Waals surface area contributed by atoms with E-state index in [0.717, 1.165) is 11.8 Å². The molecule has 0 aromatic heterocycles. The Balaban J connectivity index is 2.50. The molecule has 5 N–H and O–H groups in total. The summed E-state index contributed by atoms with van der Waals surface area (Å²) >= 11 is 0.965. The molecule has 2 rings (SSSR count). The van der Waals surface area contributed by atoms with Crippen molar-refractivity contribution >= 4 is 16.9 Å². The zero-order valence-electron chi connectivity index (χ0n) is 15.0. The molecule has 1 aliphatic heterocycles. The van der Waals surface area contributed by atoms with E-state index in [0.29, 0.717) is 11.1 Å². The molecule has 8 nitrogen and oxygen atoms in total. The number of hydrogen-bond donors (Lipinski definition) is 5. The van der Waals surface area contributed by atoms with Crippen molar-refractivity contribution in [1.29, 1.82) is 0 Å². The highest BCUT2D eigenvalue weighted by Gasteiger charge is 2.45. The molecule has 1 aliphatic rings. The van der Waals surface area contributed by atoms with Gasteiger partial charge in [0, 0.05) is 5.56 Å². The van der Waals surface area contributed by atoms with Crippen molar-refractivity contribution in [2.45, 2.75) is 51.5 Å². The van der Waals surface area contributed by atoms with Gasteiger partial charge in [-0.05, 0) is 38.2 Å². The number of aromatic hydroxyl groups is 1. The Morgan fingerprint density at radius 2 is 1.69 bits per heavy atom. The van der Waals surface area contributed by atoms with Gasteiger partial charge in [-0.1, -0.05) is 11.8 Å². The second kappa shape index (κ2) is 8.12. The molecule has 0 spiro atoms. The number of hydrogen-bond acceptors (Lipinski definition) is 9. The molecule has 9 heteroatoms. The highest BCUT2D eigenvalue weighted by Crippen LogP contribution is 2.40. The molecular weight excluding hydrogens is 364 g/mol. The van der Waals surface area contributed by atoms with Gasteiger partial charge < -0.3 is 35.0 Å². The van der Waals surface area contributed by atoms with Crippen LogP contribution in [0.4, 0.5) is 0 Å². The van der Waals surface area contributed by atoms with Crippen LogP contribution >= 0.6 is 11.8 Å². The average Bonchev–Trinajstić information content (AvgIpc) is 2.64. The summed E-state index contributed by atoms with van der Waals surface area (Å²) in [6.45, 7) is 4.29. The molecule has 26 heavy (non-hydrogen) atoms. The first-order valence-electron chi connectivity index (χ1n) is 8.03. The number of phenolic OH excluding ortho intramolecular Hbond substituents is 1. The fourth-order valence-electron chi connectivity index (χ4n) is 2.89. The van der Waals surface area contributed by atoms with E-state index in [9.17, 15) is 30.3 Å². The molecule has 1 aromatic carbocycles. The summed E-state index contributed by atoms with van der Waals surface area (Å²) < 4.78 is 11.0. The number of aliphatic hydroxyl groups excluding tert-OH is 4. The van der Waals surface area contributed by atoms with Gasteiger partial charge in [0.25, 0.3) is 0 Å². The Morgan fingerprint density at radius 1 is 1.08 bits per heavy atom. The summed E-state index contributed by atoms with van der Waals surface area (Å²) in [6, 6.07) is 0. The van der Waals surface area contributed by atoms with Crippen LogP contribution in [-0.2, 0) is 4.74 Å². The molecule has 1 fully saturated rings. The van der Waals surface area contributed by atoms with Crippen molar-refractivity contribution in [2.75, 3.05) is 12.9 Å². The van der Waals surface area contributed by atoms with E-state index in [-0.39, 0.29) is 27.7 Å². The van der Waals surface area contributed by atoms with Crippen LogP contribution in [0.25, 0.3) is 0 Å². The van der Waals surface area contributed by atoms with Gasteiger partial charge in [-0.15, -0.1) is 0 Å². The van der Waals surface area contributed by atoms with E-state index in [1.807, 2.05) is 0 Å². The second-order valence-corrected chi connectivity index (χ2v) is 7.01. The first kappa shape index (κ1) is 20.9. The molecule has 1 saturated heterocycles. The molecule has 0 unspecified atom stereocenters. The van der Waals surface area contributed by atoms with Crippen molar-refractivity contribution in [3.05, 3.63) is 22.3 Å². The Kier molecular flexibility index (Phi) is 6.54. The minimum Gasteiger partial charge on any atom is -0.507 e. The van der Waals surface area contributed by atoms with E-state index in [2.05, 4.69) is 0 Å². The molecule has 5 atom stereocenters. The Morgan fingerprint density at radius 3 is 2.23 bits per heavy atom. The molecule has 0 radical (unpaired) electrons.